The molecule has 0 bridgehead atoms. The molecule has 0 atom stereocenters. The quantitative estimate of drug-likeness (QED) is 0.827. The Bertz CT molecular complexity index is 313. The highest BCUT2D eigenvalue weighted by Gasteiger charge is 2.18. The summed E-state index contributed by atoms with van der Waals surface area (Å²) in [5, 5.41) is 13.4. The van der Waals surface area contributed by atoms with Crippen LogP contribution in [0.1, 0.15) is 49.4 Å². The Hall–Kier alpha value is -0.830. The Morgan fingerprint density at radius 2 is 2.13 bits per heavy atom. The van der Waals surface area contributed by atoms with Crippen LogP contribution >= 0.6 is 0 Å². The van der Waals surface area contributed by atoms with Gasteiger partial charge in [0.05, 0.1) is 12.2 Å². The molecule has 1 aliphatic carbocycles. The minimum atomic E-state index is 0.219. The normalized spacial score (nSPS) is 18.3. The van der Waals surface area contributed by atoms with Crippen LogP contribution in [0.2, 0.25) is 0 Å². The first-order valence-corrected chi connectivity index (χ1v) is 5.96. The fourth-order valence-electron chi connectivity index (χ4n) is 2.52. The number of nitrogens with zero attached hydrogens (tertiary/aromatic N) is 2. The van der Waals surface area contributed by atoms with Crippen LogP contribution in [0.25, 0.3) is 0 Å². The van der Waals surface area contributed by atoms with E-state index in [9.17, 15) is 0 Å². The van der Waals surface area contributed by atoms with Crippen LogP contribution in [-0.4, -0.2) is 21.5 Å². The Labute approximate surface area is 91.1 Å². The molecule has 0 unspecified atom stereocenters. The number of hydrogen-bond donors (Lipinski definition) is 1. The van der Waals surface area contributed by atoms with E-state index in [1.54, 1.807) is 0 Å². The number of aromatic nitrogens is 2. The van der Waals surface area contributed by atoms with Crippen LogP contribution in [0.3, 0.4) is 0 Å². The van der Waals surface area contributed by atoms with E-state index in [1.807, 2.05) is 6.20 Å². The molecular formula is C12H20N2O. The standard InChI is InChI=1S/C12H20N2O/c1-10-11(7-8-15)9-13-14(10)12-5-3-2-4-6-12/h9,12,15H,2-8H2,1H3. The second kappa shape index (κ2) is 4.79. The molecule has 3 heteroatoms. The van der Waals surface area contributed by atoms with Crippen molar-refractivity contribution in [1.29, 1.82) is 0 Å². The highest BCUT2D eigenvalue weighted by Crippen LogP contribution is 2.29. The third-order valence-electron chi connectivity index (χ3n) is 3.45. The van der Waals surface area contributed by atoms with Gasteiger partial charge in [0.2, 0.25) is 0 Å². The minimum absolute atomic E-state index is 0.219. The molecule has 1 aromatic rings. The van der Waals surface area contributed by atoms with E-state index < -0.39 is 0 Å². The fraction of sp³-hybridized carbons (Fsp3) is 0.750. The molecule has 0 amide bonds. The van der Waals surface area contributed by atoms with Gasteiger partial charge < -0.3 is 5.11 Å². The summed E-state index contributed by atoms with van der Waals surface area (Å²) < 4.78 is 2.17. The Morgan fingerprint density at radius 3 is 2.80 bits per heavy atom. The van der Waals surface area contributed by atoms with Crippen molar-refractivity contribution in [1.82, 2.24) is 9.78 Å². The van der Waals surface area contributed by atoms with Crippen molar-refractivity contribution in [2.75, 3.05) is 6.61 Å². The molecule has 0 spiro atoms. The number of hydrogen-bond acceptors (Lipinski definition) is 2. The van der Waals surface area contributed by atoms with Gasteiger partial charge in [-0.05, 0) is 31.7 Å². The van der Waals surface area contributed by atoms with E-state index in [4.69, 9.17) is 5.11 Å². The average molecular weight is 208 g/mol. The molecule has 1 heterocycles. The summed E-state index contributed by atoms with van der Waals surface area (Å²) in [6.07, 6.45) is 9.22. The zero-order valence-electron chi connectivity index (χ0n) is 9.45. The number of aliphatic hydroxyl groups is 1. The van der Waals surface area contributed by atoms with Gasteiger partial charge in [-0.25, -0.2) is 0 Å². The summed E-state index contributed by atoms with van der Waals surface area (Å²) >= 11 is 0. The van der Waals surface area contributed by atoms with E-state index in [2.05, 4.69) is 16.7 Å². The molecule has 15 heavy (non-hydrogen) atoms. The zero-order valence-corrected chi connectivity index (χ0v) is 9.45. The van der Waals surface area contributed by atoms with Gasteiger partial charge in [-0.15, -0.1) is 0 Å². The lowest BCUT2D eigenvalue weighted by atomic mass is 9.95. The maximum atomic E-state index is 8.93. The summed E-state index contributed by atoms with van der Waals surface area (Å²) in [5.41, 5.74) is 2.44. The second-order valence-corrected chi connectivity index (χ2v) is 4.47. The van der Waals surface area contributed by atoms with Gasteiger partial charge in [0.15, 0.2) is 0 Å². The van der Waals surface area contributed by atoms with Crippen LogP contribution < -0.4 is 0 Å². The Kier molecular flexibility index (Phi) is 3.41. The van der Waals surface area contributed by atoms with Gasteiger partial charge in [-0.1, -0.05) is 19.3 Å². The predicted octanol–water partition coefficient (Wildman–Crippen LogP) is 2.23. The zero-order chi connectivity index (χ0) is 10.7. The molecule has 1 saturated carbocycles. The summed E-state index contributed by atoms with van der Waals surface area (Å²) in [5.74, 6) is 0. The lowest BCUT2D eigenvalue weighted by molar-refractivity contribution is 0.298. The molecule has 0 aliphatic heterocycles. The summed E-state index contributed by atoms with van der Waals surface area (Å²) in [6, 6.07) is 0.603. The van der Waals surface area contributed by atoms with Crippen molar-refractivity contribution in [2.24, 2.45) is 0 Å². The van der Waals surface area contributed by atoms with Crippen molar-refractivity contribution in [3.05, 3.63) is 17.5 Å². The van der Waals surface area contributed by atoms with Crippen LogP contribution in [-0.2, 0) is 6.42 Å². The first-order chi connectivity index (χ1) is 7.33. The molecule has 0 radical (unpaired) electrons. The van der Waals surface area contributed by atoms with Crippen LogP contribution in [0.5, 0.6) is 0 Å². The number of aliphatic hydroxyl groups excluding tert-OH is 1. The second-order valence-electron chi connectivity index (χ2n) is 4.47. The van der Waals surface area contributed by atoms with E-state index in [-0.39, 0.29) is 6.61 Å². The molecule has 0 saturated heterocycles. The van der Waals surface area contributed by atoms with E-state index in [0.29, 0.717) is 6.04 Å². The van der Waals surface area contributed by atoms with Crippen molar-refractivity contribution >= 4 is 0 Å². The molecule has 2 rings (SSSR count). The number of rotatable bonds is 3. The van der Waals surface area contributed by atoms with Gasteiger partial charge in [0.25, 0.3) is 0 Å². The molecule has 1 aromatic heterocycles. The highest BCUT2D eigenvalue weighted by molar-refractivity contribution is 5.17. The van der Waals surface area contributed by atoms with E-state index in [1.165, 1.54) is 43.4 Å². The van der Waals surface area contributed by atoms with Gasteiger partial charge in [0.1, 0.15) is 0 Å². The van der Waals surface area contributed by atoms with E-state index >= 15 is 0 Å². The molecule has 1 aliphatic rings. The van der Waals surface area contributed by atoms with Crippen molar-refractivity contribution < 1.29 is 5.11 Å². The van der Waals surface area contributed by atoms with Crippen molar-refractivity contribution in [2.45, 2.75) is 51.5 Å². The smallest absolute Gasteiger partial charge is 0.0525 e. The van der Waals surface area contributed by atoms with Crippen molar-refractivity contribution in [3.8, 4) is 0 Å². The molecule has 0 aromatic carbocycles. The maximum absolute atomic E-state index is 8.93. The van der Waals surface area contributed by atoms with Gasteiger partial charge >= 0.3 is 0 Å². The summed E-state index contributed by atoms with van der Waals surface area (Å²) in [4.78, 5) is 0. The van der Waals surface area contributed by atoms with Gasteiger partial charge in [-0.3, -0.25) is 4.68 Å². The van der Waals surface area contributed by atoms with Crippen LogP contribution in [0, 0.1) is 6.92 Å². The molecule has 1 N–H and O–H groups in total. The average Bonchev–Trinajstić information content (AvgIpc) is 2.63. The lowest BCUT2D eigenvalue weighted by Crippen LogP contribution is -2.15. The fourth-order valence-corrected chi connectivity index (χ4v) is 2.52. The predicted molar refractivity (Wildman–Crippen MR) is 59.9 cm³/mol. The van der Waals surface area contributed by atoms with E-state index in [0.717, 1.165) is 6.42 Å². The third-order valence-corrected chi connectivity index (χ3v) is 3.45. The molecule has 84 valence electrons. The summed E-state index contributed by atoms with van der Waals surface area (Å²) in [6.45, 7) is 2.34. The van der Waals surface area contributed by atoms with Crippen LogP contribution in [0.15, 0.2) is 6.20 Å². The van der Waals surface area contributed by atoms with Crippen molar-refractivity contribution in [3.63, 3.8) is 0 Å². The maximum Gasteiger partial charge on any atom is 0.0525 e. The molecular weight excluding hydrogens is 188 g/mol. The van der Waals surface area contributed by atoms with Crippen LogP contribution in [0.4, 0.5) is 0 Å². The largest absolute Gasteiger partial charge is 0.396 e. The SMILES string of the molecule is Cc1c(CCO)cnn1C1CCCCC1. The monoisotopic (exact) mass is 208 g/mol. The Balaban J connectivity index is 2.13. The van der Waals surface area contributed by atoms with Gasteiger partial charge in [0, 0.05) is 12.3 Å². The first-order valence-electron chi connectivity index (χ1n) is 5.96. The molecule has 1 fully saturated rings. The van der Waals surface area contributed by atoms with Gasteiger partial charge in [-0.2, -0.15) is 5.10 Å². The minimum Gasteiger partial charge on any atom is -0.396 e. The molecule has 3 nitrogen and oxygen atoms in total. The third kappa shape index (κ3) is 2.23. The first kappa shape index (κ1) is 10.7. The highest BCUT2D eigenvalue weighted by atomic mass is 16.2. The summed E-state index contributed by atoms with van der Waals surface area (Å²) in [7, 11) is 0. The topological polar surface area (TPSA) is 38.1 Å². The lowest BCUT2D eigenvalue weighted by Gasteiger charge is -2.23. The Morgan fingerprint density at radius 1 is 1.40 bits per heavy atom.